The maximum Gasteiger partial charge on any atom is 0.262 e. The summed E-state index contributed by atoms with van der Waals surface area (Å²) < 4.78 is 1.78. The molecule has 3 aromatic rings. The molecule has 0 saturated carbocycles. The van der Waals surface area contributed by atoms with Crippen LogP contribution in [0.4, 0.5) is 0 Å². The summed E-state index contributed by atoms with van der Waals surface area (Å²) in [4.78, 5) is 19.6. The lowest BCUT2D eigenvalue weighted by Crippen LogP contribution is -2.20. The van der Waals surface area contributed by atoms with E-state index in [0.717, 1.165) is 44.0 Å². The van der Waals surface area contributed by atoms with Crippen LogP contribution in [0.15, 0.2) is 23.0 Å². The number of aryl methyl sites for hydroxylation is 2. The Morgan fingerprint density at radius 2 is 2.04 bits per heavy atom. The maximum atomic E-state index is 12.8. The first-order valence-corrected chi connectivity index (χ1v) is 9.19. The molecule has 1 aromatic carbocycles. The molecular weight excluding hydrogens is 363 g/mol. The molecular formula is C18H14Cl2N2OS. The summed E-state index contributed by atoms with van der Waals surface area (Å²) in [6, 6.07) is 5.52. The van der Waals surface area contributed by atoms with Crippen molar-refractivity contribution in [3.63, 3.8) is 0 Å². The van der Waals surface area contributed by atoms with E-state index < -0.39 is 0 Å². The predicted molar refractivity (Wildman–Crippen MR) is 102 cm³/mol. The highest BCUT2D eigenvalue weighted by atomic mass is 35.5. The third-order valence-electron chi connectivity index (χ3n) is 4.47. The summed E-state index contributed by atoms with van der Waals surface area (Å²) in [5, 5.41) is 1.82. The van der Waals surface area contributed by atoms with Gasteiger partial charge in [0.1, 0.15) is 10.7 Å². The largest absolute Gasteiger partial charge is 0.292 e. The van der Waals surface area contributed by atoms with Gasteiger partial charge in [-0.3, -0.25) is 9.36 Å². The zero-order chi connectivity index (χ0) is 17.0. The Kier molecular flexibility index (Phi) is 3.79. The monoisotopic (exact) mass is 376 g/mol. The van der Waals surface area contributed by atoms with Crippen LogP contribution in [0.1, 0.15) is 28.2 Å². The molecule has 6 heteroatoms. The number of rotatable bonds is 1. The highest BCUT2D eigenvalue weighted by Crippen LogP contribution is 2.32. The number of halogens is 2. The SMILES string of the molecule is Cc1sc2nc3n(c(=O)c2c1C)CCC3=Cc1ccc(Cl)c(Cl)c1. The summed E-state index contributed by atoms with van der Waals surface area (Å²) in [7, 11) is 0. The first-order valence-electron chi connectivity index (χ1n) is 7.62. The molecule has 122 valence electrons. The summed E-state index contributed by atoms with van der Waals surface area (Å²) in [5.41, 5.74) is 3.12. The zero-order valence-electron chi connectivity index (χ0n) is 13.2. The Morgan fingerprint density at radius 1 is 1.25 bits per heavy atom. The first kappa shape index (κ1) is 15.9. The molecule has 0 atom stereocenters. The third kappa shape index (κ3) is 2.41. The fourth-order valence-corrected chi connectivity index (χ4v) is 4.39. The van der Waals surface area contributed by atoms with Crippen LogP contribution in [-0.2, 0) is 6.54 Å². The van der Waals surface area contributed by atoms with Gasteiger partial charge in [-0.1, -0.05) is 29.3 Å². The van der Waals surface area contributed by atoms with Gasteiger partial charge in [-0.15, -0.1) is 11.3 Å². The van der Waals surface area contributed by atoms with Crippen molar-refractivity contribution in [1.29, 1.82) is 0 Å². The van der Waals surface area contributed by atoms with E-state index in [4.69, 9.17) is 28.2 Å². The number of nitrogens with zero attached hydrogens (tertiary/aromatic N) is 2. The molecule has 1 aliphatic rings. The first-order chi connectivity index (χ1) is 11.5. The lowest BCUT2D eigenvalue weighted by Gasteiger charge is -2.04. The topological polar surface area (TPSA) is 34.9 Å². The number of hydrogen-bond donors (Lipinski definition) is 0. The van der Waals surface area contributed by atoms with Gasteiger partial charge in [0.25, 0.3) is 5.56 Å². The highest BCUT2D eigenvalue weighted by Gasteiger charge is 2.23. The molecule has 0 fully saturated rings. The molecule has 0 unspecified atom stereocenters. The third-order valence-corrected chi connectivity index (χ3v) is 6.31. The molecule has 0 bridgehead atoms. The fraction of sp³-hybridized carbons (Fsp3) is 0.222. The van der Waals surface area contributed by atoms with E-state index in [1.165, 1.54) is 0 Å². The molecule has 0 spiro atoms. The Bertz CT molecular complexity index is 1080. The second-order valence-electron chi connectivity index (χ2n) is 5.95. The van der Waals surface area contributed by atoms with E-state index in [2.05, 4.69) is 0 Å². The van der Waals surface area contributed by atoms with Crippen LogP contribution < -0.4 is 5.56 Å². The molecule has 0 aliphatic carbocycles. The van der Waals surface area contributed by atoms with E-state index in [0.29, 0.717) is 16.6 Å². The molecule has 0 radical (unpaired) electrons. The average Bonchev–Trinajstić information content (AvgIpc) is 3.06. The van der Waals surface area contributed by atoms with Crippen molar-refractivity contribution >= 4 is 56.4 Å². The van der Waals surface area contributed by atoms with Gasteiger partial charge in [-0.2, -0.15) is 0 Å². The van der Waals surface area contributed by atoms with Crippen LogP contribution in [-0.4, -0.2) is 9.55 Å². The fourth-order valence-electron chi connectivity index (χ4n) is 3.06. The molecule has 2 aromatic heterocycles. The maximum absolute atomic E-state index is 12.8. The van der Waals surface area contributed by atoms with Crippen LogP contribution >= 0.6 is 34.5 Å². The molecule has 0 amide bonds. The number of allylic oxidation sites excluding steroid dienone is 1. The minimum absolute atomic E-state index is 0.0642. The molecule has 24 heavy (non-hydrogen) atoms. The van der Waals surface area contributed by atoms with Gasteiger partial charge in [0, 0.05) is 11.4 Å². The Labute approximate surface area is 153 Å². The number of hydrogen-bond acceptors (Lipinski definition) is 3. The van der Waals surface area contributed by atoms with E-state index in [1.54, 1.807) is 22.0 Å². The van der Waals surface area contributed by atoms with Crippen LogP contribution in [0, 0.1) is 13.8 Å². The van der Waals surface area contributed by atoms with Crippen molar-refractivity contribution in [1.82, 2.24) is 9.55 Å². The van der Waals surface area contributed by atoms with Gasteiger partial charge < -0.3 is 0 Å². The number of thiophene rings is 1. The van der Waals surface area contributed by atoms with E-state index >= 15 is 0 Å². The molecule has 4 rings (SSSR count). The van der Waals surface area contributed by atoms with Gasteiger partial charge in [0.15, 0.2) is 0 Å². The van der Waals surface area contributed by atoms with Crippen molar-refractivity contribution in [2.45, 2.75) is 26.8 Å². The highest BCUT2D eigenvalue weighted by molar-refractivity contribution is 7.18. The van der Waals surface area contributed by atoms with E-state index in [1.807, 2.05) is 32.1 Å². The van der Waals surface area contributed by atoms with Crippen LogP contribution in [0.2, 0.25) is 10.0 Å². The Balaban J connectivity index is 1.90. The second kappa shape index (κ2) is 5.73. The van der Waals surface area contributed by atoms with Crippen molar-refractivity contribution in [3.8, 4) is 0 Å². The van der Waals surface area contributed by atoms with Gasteiger partial charge >= 0.3 is 0 Å². The van der Waals surface area contributed by atoms with E-state index in [9.17, 15) is 4.79 Å². The van der Waals surface area contributed by atoms with Crippen LogP contribution in [0.25, 0.3) is 21.9 Å². The lowest BCUT2D eigenvalue weighted by molar-refractivity contribution is 0.726. The van der Waals surface area contributed by atoms with Gasteiger partial charge in [-0.05, 0) is 55.2 Å². The van der Waals surface area contributed by atoms with Crippen molar-refractivity contribution in [2.75, 3.05) is 0 Å². The number of fused-ring (bicyclic) bond motifs is 2. The Hall–Kier alpha value is -1.62. The Morgan fingerprint density at radius 3 is 2.79 bits per heavy atom. The summed E-state index contributed by atoms with van der Waals surface area (Å²) in [5.74, 6) is 0.764. The van der Waals surface area contributed by atoms with Crippen LogP contribution in [0.5, 0.6) is 0 Å². The number of benzene rings is 1. The van der Waals surface area contributed by atoms with Crippen molar-refractivity contribution in [2.24, 2.45) is 0 Å². The minimum Gasteiger partial charge on any atom is -0.292 e. The normalized spacial score (nSPS) is 15.4. The van der Waals surface area contributed by atoms with Crippen LogP contribution in [0.3, 0.4) is 0 Å². The van der Waals surface area contributed by atoms with Crippen molar-refractivity contribution < 1.29 is 0 Å². The summed E-state index contributed by atoms with van der Waals surface area (Å²) in [6.45, 7) is 4.69. The molecule has 0 N–H and O–H groups in total. The van der Waals surface area contributed by atoms with Gasteiger partial charge in [-0.25, -0.2) is 4.98 Å². The molecule has 0 saturated heterocycles. The average molecular weight is 377 g/mol. The van der Waals surface area contributed by atoms with E-state index in [-0.39, 0.29) is 5.56 Å². The predicted octanol–water partition coefficient (Wildman–Crippen LogP) is 5.33. The van der Waals surface area contributed by atoms with Crippen molar-refractivity contribution in [3.05, 3.63) is 60.4 Å². The van der Waals surface area contributed by atoms with Gasteiger partial charge in [0.05, 0.1) is 15.4 Å². The standard InChI is InChI=1S/C18H14Cl2N2OS/c1-9-10(2)24-17-15(9)18(23)22-6-5-12(16(22)21-17)7-11-3-4-13(19)14(20)8-11/h3-4,7-8H,5-6H2,1-2H3. The smallest absolute Gasteiger partial charge is 0.262 e. The molecule has 3 nitrogen and oxygen atoms in total. The molecule has 1 aliphatic heterocycles. The lowest BCUT2D eigenvalue weighted by atomic mass is 10.1. The van der Waals surface area contributed by atoms with Gasteiger partial charge in [0.2, 0.25) is 0 Å². The zero-order valence-corrected chi connectivity index (χ0v) is 15.5. The second-order valence-corrected chi connectivity index (χ2v) is 7.97. The molecule has 3 heterocycles. The quantitative estimate of drug-likeness (QED) is 0.575. The minimum atomic E-state index is 0.0642. The summed E-state index contributed by atoms with van der Waals surface area (Å²) >= 11 is 13.6. The number of aromatic nitrogens is 2. The summed E-state index contributed by atoms with van der Waals surface area (Å²) in [6.07, 6.45) is 2.82.